The molecule has 0 aliphatic heterocycles. The maximum atomic E-state index is 11.7. The van der Waals surface area contributed by atoms with E-state index in [4.69, 9.17) is 11.6 Å². The van der Waals surface area contributed by atoms with Crippen molar-refractivity contribution in [2.24, 2.45) is 0 Å². The van der Waals surface area contributed by atoms with Crippen molar-refractivity contribution in [3.8, 4) is 0 Å². The zero-order valence-electron chi connectivity index (χ0n) is 9.54. The molecule has 2 N–H and O–H groups in total. The highest BCUT2D eigenvalue weighted by Gasteiger charge is 2.11. The Hall–Kier alpha value is -0.580. The lowest BCUT2D eigenvalue weighted by atomic mass is 10.1. The summed E-state index contributed by atoms with van der Waals surface area (Å²) in [6.07, 6.45) is -0.172. The second-order valence-electron chi connectivity index (χ2n) is 3.66. The molecule has 1 unspecified atom stereocenters. The summed E-state index contributed by atoms with van der Waals surface area (Å²) < 4.78 is 0.882. The molecule has 0 aliphatic carbocycles. The van der Waals surface area contributed by atoms with Crippen molar-refractivity contribution >= 4 is 39.0 Å². The van der Waals surface area contributed by atoms with E-state index in [1.807, 2.05) is 19.1 Å². The first-order valence-electron chi connectivity index (χ1n) is 5.39. The third kappa shape index (κ3) is 4.30. The Balaban J connectivity index is 2.87. The largest absolute Gasteiger partial charge is 0.390 e. The Morgan fingerprint density at radius 3 is 2.88 bits per heavy atom. The van der Waals surface area contributed by atoms with Crippen molar-refractivity contribution in [2.45, 2.75) is 19.4 Å². The van der Waals surface area contributed by atoms with Gasteiger partial charge in [-0.25, -0.2) is 0 Å². The minimum Gasteiger partial charge on any atom is -0.390 e. The van der Waals surface area contributed by atoms with Crippen molar-refractivity contribution in [1.82, 2.24) is 0 Å². The Labute approximate surface area is 114 Å². The Kier molecular flexibility index (Phi) is 5.95. The number of halogens is 2. The third-order valence-corrected chi connectivity index (χ3v) is 3.16. The van der Waals surface area contributed by atoms with Crippen LogP contribution in [0.1, 0.15) is 23.7 Å². The van der Waals surface area contributed by atoms with Gasteiger partial charge >= 0.3 is 0 Å². The van der Waals surface area contributed by atoms with Gasteiger partial charge in [0, 0.05) is 28.7 Å². The van der Waals surface area contributed by atoms with Crippen molar-refractivity contribution < 1.29 is 9.90 Å². The van der Waals surface area contributed by atoms with Crippen molar-refractivity contribution in [3.63, 3.8) is 0 Å². The summed E-state index contributed by atoms with van der Waals surface area (Å²) in [5.41, 5.74) is 1.35. The molecule has 0 saturated heterocycles. The van der Waals surface area contributed by atoms with Gasteiger partial charge in [0.25, 0.3) is 0 Å². The SMILES string of the molecule is CCC(=O)c1ccc(Br)cc1NCC(O)CCl. The molecule has 0 saturated carbocycles. The van der Waals surface area contributed by atoms with Crippen LogP contribution in [0.4, 0.5) is 5.69 Å². The lowest BCUT2D eigenvalue weighted by molar-refractivity contribution is 0.0988. The number of nitrogens with one attached hydrogen (secondary N) is 1. The number of aliphatic hydroxyl groups is 1. The number of rotatable bonds is 6. The number of carbonyl (C=O) groups excluding carboxylic acids is 1. The molecule has 0 heterocycles. The van der Waals surface area contributed by atoms with Gasteiger partial charge in [-0.15, -0.1) is 11.6 Å². The van der Waals surface area contributed by atoms with Gasteiger partial charge in [0.05, 0.1) is 12.0 Å². The molecular formula is C12H15BrClNO2. The van der Waals surface area contributed by atoms with Gasteiger partial charge in [0.2, 0.25) is 0 Å². The summed E-state index contributed by atoms with van der Waals surface area (Å²) in [5.74, 6) is 0.235. The highest BCUT2D eigenvalue weighted by atomic mass is 79.9. The van der Waals surface area contributed by atoms with Crippen LogP contribution in [0, 0.1) is 0 Å². The minimum atomic E-state index is -0.625. The monoisotopic (exact) mass is 319 g/mol. The number of hydrogen-bond acceptors (Lipinski definition) is 3. The molecule has 0 amide bonds. The van der Waals surface area contributed by atoms with Gasteiger partial charge in [0.1, 0.15) is 0 Å². The fourth-order valence-electron chi connectivity index (χ4n) is 1.38. The fraction of sp³-hybridized carbons (Fsp3) is 0.417. The van der Waals surface area contributed by atoms with Crippen LogP contribution in [-0.2, 0) is 0 Å². The topological polar surface area (TPSA) is 49.3 Å². The predicted molar refractivity (Wildman–Crippen MR) is 74.0 cm³/mol. The number of Topliss-reactive ketones (excluding diaryl/α,β-unsaturated/α-hetero) is 1. The molecular weight excluding hydrogens is 305 g/mol. The van der Waals surface area contributed by atoms with E-state index in [1.54, 1.807) is 6.07 Å². The van der Waals surface area contributed by atoms with E-state index < -0.39 is 6.10 Å². The summed E-state index contributed by atoms with van der Waals surface area (Å²) in [6, 6.07) is 5.42. The third-order valence-electron chi connectivity index (χ3n) is 2.31. The molecule has 3 nitrogen and oxygen atoms in total. The molecule has 1 aromatic rings. The zero-order chi connectivity index (χ0) is 12.8. The summed E-state index contributed by atoms with van der Waals surface area (Å²) in [6.45, 7) is 2.14. The van der Waals surface area contributed by atoms with Crippen molar-refractivity contribution in [1.29, 1.82) is 0 Å². The lowest BCUT2D eigenvalue weighted by Gasteiger charge is -2.13. The molecule has 1 atom stereocenters. The number of carbonyl (C=O) groups is 1. The molecule has 1 aromatic carbocycles. The molecule has 0 aromatic heterocycles. The highest BCUT2D eigenvalue weighted by molar-refractivity contribution is 9.10. The van der Waals surface area contributed by atoms with E-state index in [0.29, 0.717) is 18.5 Å². The van der Waals surface area contributed by atoms with E-state index in [0.717, 1.165) is 10.2 Å². The number of anilines is 1. The Morgan fingerprint density at radius 2 is 2.29 bits per heavy atom. The molecule has 1 rings (SSSR count). The summed E-state index contributed by atoms with van der Waals surface area (Å²) in [5, 5.41) is 12.4. The summed E-state index contributed by atoms with van der Waals surface area (Å²) in [4.78, 5) is 11.7. The first-order chi connectivity index (χ1) is 8.08. The first-order valence-corrected chi connectivity index (χ1v) is 6.71. The molecule has 0 spiro atoms. The quantitative estimate of drug-likeness (QED) is 0.625. The van der Waals surface area contributed by atoms with Crippen LogP contribution in [0.2, 0.25) is 0 Å². The molecule has 0 radical (unpaired) electrons. The fourth-order valence-corrected chi connectivity index (χ4v) is 1.85. The zero-order valence-corrected chi connectivity index (χ0v) is 11.9. The van der Waals surface area contributed by atoms with Crippen molar-refractivity contribution in [2.75, 3.05) is 17.7 Å². The van der Waals surface area contributed by atoms with E-state index >= 15 is 0 Å². The smallest absolute Gasteiger partial charge is 0.164 e. The van der Waals surface area contributed by atoms with Gasteiger partial charge < -0.3 is 10.4 Å². The summed E-state index contributed by atoms with van der Waals surface area (Å²) in [7, 11) is 0. The van der Waals surface area contributed by atoms with E-state index in [2.05, 4.69) is 21.2 Å². The molecule has 94 valence electrons. The van der Waals surface area contributed by atoms with Gasteiger partial charge in [0.15, 0.2) is 5.78 Å². The number of ketones is 1. The average molecular weight is 321 g/mol. The van der Waals surface area contributed by atoms with Crippen LogP contribution in [-0.4, -0.2) is 29.4 Å². The van der Waals surface area contributed by atoms with E-state index in [1.165, 1.54) is 0 Å². The summed E-state index contributed by atoms with van der Waals surface area (Å²) >= 11 is 8.86. The van der Waals surface area contributed by atoms with Crippen LogP contribution < -0.4 is 5.32 Å². The number of aliphatic hydroxyl groups excluding tert-OH is 1. The number of benzene rings is 1. The predicted octanol–water partition coefficient (Wildman–Crippen LogP) is 3.05. The minimum absolute atomic E-state index is 0.0698. The lowest BCUT2D eigenvalue weighted by Crippen LogP contribution is -2.21. The maximum absolute atomic E-state index is 11.7. The van der Waals surface area contributed by atoms with Crippen LogP contribution in [0.3, 0.4) is 0 Å². The second kappa shape index (κ2) is 6.99. The van der Waals surface area contributed by atoms with E-state index in [-0.39, 0.29) is 11.7 Å². The van der Waals surface area contributed by atoms with Crippen LogP contribution in [0.25, 0.3) is 0 Å². The number of alkyl halides is 1. The van der Waals surface area contributed by atoms with Crippen molar-refractivity contribution in [3.05, 3.63) is 28.2 Å². The molecule has 0 aliphatic rings. The van der Waals surface area contributed by atoms with Gasteiger partial charge in [-0.3, -0.25) is 4.79 Å². The van der Waals surface area contributed by atoms with Gasteiger partial charge in [-0.05, 0) is 18.2 Å². The van der Waals surface area contributed by atoms with Crippen LogP contribution >= 0.6 is 27.5 Å². The normalized spacial score (nSPS) is 12.2. The average Bonchev–Trinajstić information content (AvgIpc) is 2.35. The van der Waals surface area contributed by atoms with Crippen LogP contribution in [0.15, 0.2) is 22.7 Å². The molecule has 5 heteroatoms. The highest BCUT2D eigenvalue weighted by Crippen LogP contribution is 2.22. The molecule has 17 heavy (non-hydrogen) atoms. The van der Waals surface area contributed by atoms with Gasteiger partial charge in [-0.1, -0.05) is 22.9 Å². The molecule has 0 bridgehead atoms. The Bertz CT molecular complexity index is 398. The maximum Gasteiger partial charge on any atom is 0.164 e. The standard InChI is InChI=1S/C12H15BrClNO2/c1-2-12(17)10-4-3-8(13)5-11(10)15-7-9(16)6-14/h3-5,9,15-16H,2,6-7H2,1H3. The second-order valence-corrected chi connectivity index (χ2v) is 4.88. The van der Waals surface area contributed by atoms with E-state index in [9.17, 15) is 9.90 Å². The Morgan fingerprint density at radius 1 is 1.59 bits per heavy atom. The number of hydrogen-bond donors (Lipinski definition) is 2. The molecule has 0 fully saturated rings. The first kappa shape index (κ1) is 14.5. The van der Waals surface area contributed by atoms with Gasteiger partial charge in [-0.2, -0.15) is 0 Å². The van der Waals surface area contributed by atoms with Crippen LogP contribution in [0.5, 0.6) is 0 Å².